The lowest BCUT2D eigenvalue weighted by Gasteiger charge is -2.32. The number of hydrazine groups is 2. The minimum absolute atomic E-state index is 0.00723. The lowest BCUT2D eigenvalue weighted by atomic mass is 9.82. The van der Waals surface area contributed by atoms with Gasteiger partial charge >= 0.3 is 6.18 Å². The van der Waals surface area contributed by atoms with Crippen molar-refractivity contribution in [2.45, 2.75) is 50.4 Å². The van der Waals surface area contributed by atoms with Crippen molar-refractivity contribution in [3.63, 3.8) is 0 Å². The lowest BCUT2D eigenvalue weighted by Crippen LogP contribution is -2.45. The van der Waals surface area contributed by atoms with Gasteiger partial charge in [0.05, 0.1) is 0 Å². The van der Waals surface area contributed by atoms with E-state index in [-0.39, 0.29) is 30.2 Å². The Morgan fingerprint density at radius 1 is 1.00 bits per heavy atom. The summed E-state index contributed by atoms with van der Waals surface area (Å²) in [7, 11) is 0. The number of aromatic nitrogens is 1. The van der Waals surface area contributed by atoms with Gasteiger partial charge in [0.2, 0.25) is 11.8 Å². The number of amides is 2. The Morgan fingerprint density at radius 2 is 1.70 bits per heavy atom. The number of alkyl halides is 3. The van der Waals surface area contributed by atoms with Gasteiger partial charge in [0.25, 0.3) is 0 Å². The Labute approximate surface area is 190 Å². The molecule has 2 amide bonds. The van der Waals surface area contributed by atoms with Crippen molar-refractivity contribution in [2.75, 3.05) is 26.2 Å². The molecule has 1 aromatic rings. The van der Waals surface area contributed by atoms with Gasteiger partial charge in [-0.3, -0.25) is 14.6 Å². The molecule has 3 unspecified atom stereocenters. The molecule has 3 N–H and O–H groups in total. The molecule has 0 spiro atoms. The Balaban J connectivity index is 1.08. The average Bonchev–Trinajstić information content (AvgIpc) is 3.50. The Bertz CT molecular complexity index is 881. The van der Waals surface area contributed by atoms with Crippen LogP contribution in [0, 0.1) is 17.8 Å². The van der Waals surface area contributed by atoms with Crippen LogP contribution in [0.3, 0.4) is 0 Å². The monoisotopic (exact) mass is 466 g/mol. The van der Waals surface area contributed by atoms with Gasteiger partial charge in [0.15, 0.2) is 0 Å². The van der Waals surface area contributed by atoms with Gasteiger partial charge in [-0.15, -0.1) is 0 Å². The molecule has 5 rings (SSSR count). The highest BCUT2D eigenvalue weighted by Crippen LogP contribution is 2.35. The van der Waals surface area contributed by atoms with Crippen LogP contribution in [0.15, 0.2) is 18.3 Å². The SMILES string of the molecule is O=C(CCc1ccc(C(F)(F)F)nc1)N1C[C@@H]2CN(C(=O)C3CCC4NNNC4C3)C[C@H]2C1. The minimum Gasteiger partial charge on any atom is -0.342 e. The van der Waals surface area contributed by atoms with E-state index in [4.69, 9.17) is 0 Å². The highest BCUT2D eigenvalue weighted by Gasteiger charge is 2.45. The minimum atomic E-state index is -4.46. The summed E-state index contributed by atoms with van der Waals surface area (Å²) in [6, 6.07) is 2.99. The number of fused-ring (bicyclic) bond motifs is 2. The first-order valence-electron chi connectivity index (χ1n) is 11.6. The predicted octanol–water partition coefficient (Wildman–Crippen LogP) is 1.10. The number of hydrogen-bond acceptors (Lipinski definition) is 6. The summed E-state index contributed by atoms with van der Waals surface area (Å²) in [5.41, 5.74) is 9.04. The first-order chi connectivity index (χ1) is 15.8. The Kier molecular flexibility index (Phi) is 6.04. The van der Waals surface area contributed by atoms with Crippen molar-refractivity contribution in [1.82, 2.24) is 31.2 Å². The Hall–Kier alpha value is -2.24. The molecule has 3 saturated heterocycles. The summed E-state index contributed by atoms with van der Waals surface area (Å²) in [6.45, 7) is 2.68. The third-order valence-corrected chi connectivity index (χ3v) is 7.61. The topological polar surface area (TPSA) is 89.6 Å². The summed E-state index contributed by atoms with van der Waals surface area (Å²) < 4.78 is 37.9. The number of aryl methyl sites for hydroxylation is 1. The van der Waals surface area contributed by atoms with E-state index in [2.05, 4.69) is 21.4 Å². The molecular formula is C22H29F3N6O2. The second-order valence-electron chi connectivity index (χ2n) is 9.75. The van der Waals surface area contributed by atoms with Crippen molar-refractivity contribution in [3.05, 3.63) is 29.6 Å². The van der Waals surface area contributed by atoms with Crippen LogP contribution < -0.4 is 16.4 Å². The molecule has 8 nitrogen and oxygen atoms in total. The summed E-state index contributed by atoms with van der Waals surface area (Å²) in [4.78, 5) is 33.0. The van der Waals surface area contributed by atoms with Crippen molar-refractivity contribution < 1.29 is 22.8 Å². The van der Waals surface area contributed by atoms with Crippen LogP contribution in [-0.2, 0) is 22.2 Å². The molecular weight excluding hydrogens is 437 g/mol. The highest BCUT2D eigenvalue weighted by atomic mass is 19.4. The van der Waals surface area contributed by atoms with Gasteiger partial charge in [-0.25, -0.2) is 10.9 Å². The second kappa shape index (κ2) is 8.84. The van der Waals surface area contributed by atoms with Gasteiger partial charge < -0.3 is 9.80 Å². The van der Waals surface area contributed by atoms with E-state index in [1.54, 1.807) is 0 Å². The second-order valence-corrected chi connectivity index (χ2v) is 9.75. The lowest BCUT2D eigenvalue weighted by molar-refractivity contribution is -0.141. The zero-order chi connectivity index (χ0) is 23.2. The van der Waals surface area contributed by atoms with Crippen LogP contribution in [0.2, 0.25) is 0 Å². The van der Waals surface area contributed by atoms with Crippen LogP contribution in [0.4, 0.5) is 13.2 Å². The van der Waals surface area contributed by atoms with Gasteiger partial charge in [0.1, 0.15) is 5.69 Å². The maximum Gasteiger partial charge on any atom is 0.433 e. The maximum atomic E-state index is 13.1. The molecule has 180 valence electrons. The molecule has 1 saturated carbocycles. The van der Waals surface area contributed by atoms with Gasteiger partial charge in [0, 0.05) is 68.6 Å². The molecule has 0 aromatic carbocycles. The Morgan fingerprint density at radius 3 is 2.36 bits per heavy atom. The third kappa shape index (κ3) is 4.71. The summed E-state index contributed by atoms with van der Waals surface area (Å²) in [5.74, 6) is 0.899. The van der Waals surface area contributed by atoms with E-state index in [0.29, 0.717) is 56.0 Å². The summed E-state index contributed by atoms with van der Waals surface area (Å²) in [6.07, 6.45) is 0.0386. The molecule has 4 heterocycles. The number of rotatable bonds is 4. The number of carbonyl (C=O) groups is 2. The number of pyridine rings is 1. The van der Waals surface area contributed by atoms with Crippen LogP contribution >= 0.6 is 0 Å². The van der Waals surface area contributed by atoms with E-state index in [9.17, 15) is 22.8 Å². The fraction of sp³-hybridized carbons (Fsp3) is 0.682. The normalized spacial score (nSPS) is 31.5. The summed E-state index contributed by atoms with van der Waals surface area (Å²) in [5, 5.41) is 0. The number of hydrogen-bond donors (Lipinski definition) is 3. The van der Waals surface area contributed by atoms with Gasteiger partial charge in [-0.05, 0) is 37.3 Å². The van der Waals surface area contributed by atoms with Crippen LogP contribution in [0.1, 0.15) is 36.9 Å². The van der Waals surface area contributed by atoms with Gasteiger partial charge in [-0.2, -0.15) is 18.7 Å². The quantitative estimate of drug-likeness (QED) is 0.616. The fourth-order valence-electron chi connectivity index (χ4n) is 5.74. The molecule has 1 aliphatic carbocycles. The molecule has 3 aliphatic heterocycles. The standard InChI is InChI=1S/C22H29F3N6O2/c23-22(24,25)19-5-1-13(8-26-19)2-6-20(32)30-9-15-11-31(12-16(15)10-30)21(33)14-3-4-17-18(7-14)28-29-27-17/h1,5,8,14-18,27-29H,2-4,6-7,9-12H2/t14?,15-,16-,17?,18?/m1/s1. The predicted molar refractivity (Wildman–Crippen MR) is 112 cm³/mol. The largest absolute Gasteiger partial charge is 0.433 e. The average molecular weight is 467 g/mol. The fourth-order valence-corrected chi connectivity index (χ4v) is 5.74. The number of carbonyl (C=O) groups excluding carboxylic acids is 2. The van der Waals surface area contributed by atoms with Crippen molar-refractivity contribution in [3.8, 4) is 0 Å². The molecule has 11 heteroatoms. The number of likely N-dealkylation sites (tertiary alicyclic amines) is 2. The maximum absolute atomic E-state index is 13.1. The summed E-state index contributed by atoms with van der Waals surface area (Å²) >= 11 is 0. The van der Waals surface area contributed by atoms with E-state index >= 15 is 0 Å². The first kappa shape index (κ1) is 22.5. The number of nitrogens with one attached hydrogen (secondary N) is 3. The van der Waals surface area contributed by atoms with E-state index in [1.165, 1.54) is 12.3 Å². The zero-order valence-electron chi connectivity index (χ0n) is 18.3. The van der Waals surface area contributed by atoms with Crippen LogP contribution in [-0.4, -0.2) is 64.9 Å². The first-order valence-corrected chi connectivity index (χ1v) is 11.6. The number of nitrogens with zero attached hydrogens (tertiary/aromatic N) is 3. The van der Waals surface area contributed by atoms with Crippen molar-refractivity contribution in [2.24, 2.45) is 17.8 Å². The molecule has 5 atom stereocenters. The van der Waals surface area contributed by atoms with E-state index in [1.807, 2.05) is 9.80 Å². The number of halogens is 3. The van der Waals surface area contributed by atoms with E-state index < -0.39 is 11.9 Å². The van der Waals surface area contributed by atoms with Crippen molar-refractivity contribution >= 4 is 11.8 Å². The van der Waals surface area contributed by atoms with Crippen molar-refractivity contribution in [1.29, 1.82) is 0 Å². The zero-order valence-corrected chi connectivity index (χ0v) is 18.3. The smallest absolute Gasteiger partial charge is 0.342 e. The molecule has 1 aromatic heterocycles. The third-order valence-electron chi connectivity index (χ3n) is 7.61. The molecule has 4 aliphatic rings. The van der Waals surface area contributed by atoms with E-state index in [0.717, 1.165) is 25.3 Å². The molecule has 0 bridgehead atoms. The molecule has 33 heavy (non-hydrogen) atoms. The highest BCUT2D eigenvalue weighted by molar-refractivity contribution is 5.80. The molecule has 0 radical (unpaired) electrons. The van der Waals surface area contributed by atoms with Gasteiger partial charge in [-0.1, -0.05) is 6.07 Å². The van der Waals surface area contributed by atoms with Crippen LogP contribution in [0.5, 0.6) is 0 Å². The van der Waals surface area contributed by atoms with Crippen LogP contribution in [0.25, 0.3) is 0 Å². The molecule has 4 fully saturated rings.